The number of hydrogen-bond donors (Lipinski definition) is 0. The molecule has 0 aliphatic heterocycles. The molecular weight excluding hydrogens is 531 g/mol. The first-order chi connectivity index (χ1) is 18.5. The van der Waals surface area contributed by atoms with Crippen LogP contribution in [0.5, 0.6) is 5.75 Å². The predicted octanol–water partition coefficient (Wildman–Crippen LogP) is 6.68. The molecule has 1 amide bonds. The number of hydrogen-bond acceptors (Lipinski definition) is 5. The van der Waals surface area contributed by atoms with Crippen LogP contribution in [0.1, 0.15) is 39.9 Å². The molecule has 1 aliphatic carbocycles. The maximum atomic E-state index is 13.8. The van der Waals surface area contributed by atoms with Gasteiger partial charge in [0.15, 0.2) is 6.19 Å². The van der Waals surface area contributed by atoms with Crippen molar-refractivity contribution in [3.8, 4) is 11.9 Å². The van der Waals surface area contributed by atoms with Crippen molar-refractivity contribution in [1.82, 2.24) is 4.90 Å². The fourth-order valence-electron chi connectivity index (χ4n) is 4.47. The molecule has 0 bridgehead atoms. The van der Waals surface area contributed by atoms with Crippen molar-refractivity contribution in [3.05, 3.63) is 94.0 Å². The predicted molar refractivity (Wildman–Crippen MR) is 141 cm³/mol. The molecule has 3 aromatic rings. The minimum Gasteiger partial charge on any atom is -0.406 e. The fourth-order valence-corrected chi connectivity index (χ4v) is 4.64. The van der Waals surface area contributed by atoms with Gasteiger partial charge in [0.2, 0.25) is 0 Å². The average molecular weight is 558 g/mol. The topological polar surface area (TPSA) is 65.8 Å². The summed E-state index contributed by atoms with van der Waals surface area (Å²) in [6.07, 6.45) is -0.621. The van der Waals surface area contributed by atoms with E-state index in [1.165, 1.54) is 29.2 Å². The Labute approximate surface area is 230 Å². The minimum atomic E-state index is -4.80. The highest BCUT2D eigenvalue weighted by Crippen LogP contribution is 2.48. The van der Waals surface area contributed by atoms with Crippen LogP contribution in [0, 0.1) is 11.5 Å². The lowest BCUT2D eigenvalue weighted by molar-refractivity contribution is -0.274. The van der Waals surface area contributed by atoms with E-state index in [1.54, 1.807) is 37.3 Å². The fraction of sp³-hybridized carbons (Fsp3) is 0.310. The van der Waals surface area contributed by atoms with E-state index in [9.17, 15) is 23.2 Å². The first-order valence-electron chi connectivity index (χ1n) is 12.2. The molecule has 0 heterocycles. The Morgan fingerprint density at radius 1 is 1.08 bits per heavy atom. The van der Waals surface area contributed by atoms with Crippen LogP contribution in [0.3, 0.4) is 0 Å². The molecule has 1 fully saturated rings. The maximum absolute atomic E-state index is 13.8. The number of nitriles is 1. The molecular formula is C29H27ClF3N3O3. The molecule has 1 saturated carbocycles. The molecule has 0 radical (unpaired) electrons. The zero-order valence-corrected chi connectivity index (χ0v) is 22.2. The van der Waals surface area contributed by atoms with Crippen molar-refractivity contribution in [2.75, 3.05) is 25.6 Å². The average Bonchev–Trinajstić information content (AvgIpc) is 3.71. The summed E-state index contributed by atoms with van der Waals surface area (Å²) in [4.78, 5) is 16.7. The van der Waals surface area contributed by atoms with Gasteiger partial charge in [0.05, 0.1) is 16.9 Å². The molecule has 4 rings (SSSR count). The molecule has 0 saturated heterocycles. The van der Waals surface area contributed by atoms with Crippen LogP contribution in [0.4, 0.5) is 18.9 Å². The Kier molecular flexibility index (Phi) is 8.38. The van der Waals surface area contributed by atoms with Gasteiger partial charge in [-0.1, -0.05) is 48.0 Å². The van der Waals surface area contributed by atoms with Gasteiger partial charge in [-0.3, -0.25) is 9.69 Å². The number of anilines is 1. The molecule has 6 nitrogen and oxygen atoms in total. The van der Waals surface area contributed by atoms with E-state index in [2.05, 4.69) is 4.74 Å². The lowest BCUT2D eigenvalue weighted by Gasteiger charge is -2.26. The Bertz CT molecular complexity index is 1370. The van der Waals surface area contributed by atoms with Crippen molar-refractivity contribution in [2.24, 2.45) is 0 Å². The molecule has 3 aromatic carbocycles. The molecule has 10 heteroatoms. The summed E-state index contributed by atoms with van der Waals surface area (Å²) in [6, 6.07) is 18.2. The Morgan fingerprint density at radius 2 is 1.79 bits per heavy atom. The molecule has 0 aromatic heterocycles. The molecule has 0 unspecified atom stereocenters. The van der Waals surface area contributed by atoms with Gasteiger partial charge < -0.3 is 14.4 Å². The van der Waals surface area contributed by atoms with E-state index in [0.717, 1.165) is 24.0 Å². The number of alkyl halides is 3. The molecule has 1 aliphatic rings. The lowest BCUT2D eigenvalue weighted by atomic mass is 10.0. The van der Waals surface area contributed by atoms with E-state index in [1.807, 2.05) is 30.5 Å². The summed E-state index contributed by atoms with van der Waals surface area (Å²) < 4.78 is 47.8. The van der Waals surface area contributed by atoms with Gasteiger partial charge in [-0.15, -0.1) is 13.2 Å². The minimum absolute atomic E-state index is 0.195. The Balaban J connectivity index is 1.61. The standard InChI is InChI=1S/C29H27ClF3N3O3/c1-35(19-34)26-11-10-23(30)17-25(26)27(37)36(15-12-20-4-3-5-24(16-20)39-29(31,32)33)18-21-6-8-22(9-7-21)28(38-2)13-14-28/h3-11,16-17H,12-15,18H2,1-2H3. The first kappa shape index (κ1) is 28.3. The first-order valence-corrected chi connectivity index (χ1v) is 12.6. The van der Waals surface area contributed by atoms with Gasteiger partial charge >= 0.3 is 6.36 Å². The summed E-state index contributed by atoms with van der Waals surface area (Å²) in [7, 11) is 3.23. The van der Waals surface area contributed by atoms with Gasteiger partial charge in [0, 0.05) is 32.3 Å². The number of ether oxygens (including phenoxy) is 2. The Hall–Kier alpha value is -3.74. The van der Waals surface area contributed by atoms with Gasteiger partial charge in [0.1, 0.15) is 5.75 Å². The number of amides is 1. The third-order valence-corrected chi connectivity index (χ3v) is 6.97. The summed E-state index contributed by atoms with van der Waals surface area (Å²) in [6.45, 7) is 0.431. The molecule has 0 atom stereocenters. The van der Waals surface area contributed by atoms with Crippen LogP contribution in [0.2, 0.25) is 5.02 Å². The summed E-state index contributed by atoms with van der Waals surface area (Å²) in [5.41, 5.74) is 2.90. The van der Waals surface area contributed by atoms with Gasteiger partial charge in [-0.2, -0.15) is 5.26 Å². The van der Waals surface area contributed by atoms with E-state index >= 15 is 0 Å². The number of halogens is 4. The van der Waals surface area contributed by atoms with Crippen LogP contribution in [0.25, 0.3) is 0 Å². The van der Waals surface area contributed by atoms with E-state index in [-0.39, 0.29) is 42.3 Å². The van der Waals surface area contributed by atoms with Crippen LogP contribution < -0.4 is 9.64 Å². The summed E-state index contributed by atoms with van der Waals surface area (Å²) in [5, 5.41) is 9.77. The SMILES string of the molecule is COC1(c2ccc(CN(CCc3cccc(OC(F)(F)F)c3)C(=O)c3cc(Cl)ccc3N(C)C#N)cc2)CC1. The molecule has 0 spiro atoms. The zero-order valence-electron chi connectivity index (χ0n) is 21.5. The Morgan fingerprint density at radius 3 is 2.41 bits per heavy atom. The highest BCUT2D eigenvalue weighted by molar-refractivity contribution is 6.31. The van der Waals surface area contributed by atoms with Crippen LogP contribution >= 0.6 is 11.6 Å². The van der Waals surface area contributed by atoms with Crippen LogP contribution in [-0.4, -0.2) is 37.9 Å². The second-order valence-corrected chi connectivity index (χ2v) is 9.82. The van der Waals surface area contributed by atoms with Crippen LogP contribution in [0.15, 0.2) is 66.7 Å². The van der Waals surface area contributed by atoms with Crippen LogP contribution in [-0.2, 0) is 23.3 Å². The van der Waals surface area contributed by atoms with E-state index < -0.39 is 6.36 Å². The molecule has 204 valence electrons. The van der Waals surface area contributed by atoms with Crippen molar-refractivity contribution >= 4 is 23.2 Å². The summed E-state index contributed by atoms with van der Waals surface area (Å²) >= 11 is 6.21. The van der Waals surface area contributed by atoms with E-state index in [0.29, 0.717) is 16.3 Å². The lowest BCUT2D eigenvalue weighted by Crippen LogP contribution is -2.33. The molecule has 0 N–H and O–H groups in total. The third-order valence-electron chi connectivity index (χ3n) is 6.74. The number of carbonyl (C=O) groups excluding carboxylic acids is 1. The van der Waals surface area contributed by atoms with Gasteiger partial charge in [-0.05, 0) is 66.3 Å². The quantitative estimate of drug-likeness (QED) is 0.206. The second kappa shape index (κ2) is 11.6. The van der Waals surface area contributed by atoms with Crippen molar-refractivity contribution < 1.29 is 27.4 Å². The largest absolute Gasteiger partial charge is 0.573 e. The van der Waals surface area contributed by atoms with Crippen molar-refractivity contribution in [2.45, 2.75) is 37.8 Å². The number of rotatable bonds is 10. The second-order valence-electron chi connectivity index (χ2n) is 9.39. The highest BCUT2D eigenvalue weighted by Gasteiger charge is 2.44. The van der Waals surface area contributed by atoms with Gasteiger partial charge in [-0.25, -0.2) is 0 Å². The van der Waals surface area contributed by atoms with E-state index in [4.69, 9.17) is 16.3 Å². The monoisotopic (exact) mass is 557 g/mol. The van der Waals surface area contributed by atoms with Crippen molar-refractivity contribution in [1.29, 1.82) is 5.26 Å². The number of benzene rings is 3. The van der Waals surface area contributed by atoms with Crippen molar-refractivity contribution in [3.63, 3.8) is 0 Å². The normalized spacial score (nSPS) is 13.9. The highest BCUT2D eigenvalue weighted by atomic mass is 35.5. The number of carbonyl (C=O) groups is 1. The zero-order chi connectivity index (χ0) is 28.2. The van der Waals surface area contributed by atoms with Gasteiger partial charge in [0.25, 0.3) is 5.91 Å². The number of nitrogens with zero attached hydrogens (tertiary/aromatic N) is 3. The maximum Gasteiger partial charge on any atom is 0.573 e. The molecule has 39 heavy (non-hydrogen) atoms. The smallest absolute Gasteiger partial charge is 0.406 e. The number of methoxy groups -OCH3 is 1. The third kappa shape index (κ3) is 7.02. The summed E-state index contributed by atoms with van der Waals surface area (Å²) in [5.74, 6) is -0.690.